The van der Waals surface area contributed by atoms with Gasteiger partial charge >= 0.3 is 12.1 Å². The maximum Gasteiger partial charge on any atom is 0.407 e. The number of nitrogens with one attached hydrogen (secondary N) is 2. The van der Waals surface area contributed by atoms with E-state index in [4.69, 9.17) is 4.74 Å². The highest BCUT2D eigenvalue weighted by Crippen LogP contribution is 2.44. The number of carboxylic acids is 1. The number of aromatic nitrogens is 1. The molecule has 0 spiro atoms. The van der Waals surface area contributed by atoms with Crippen LogP contribution in [-0.4, -0.2) is 44.1 Å². The highest BCUT2D eigenvalue weighted by molar-refractivity contribution is 9.10. The Labute approximate surface area is 224 Å². The fraction of sp³-hybridized carbons (Fsp3) is 0.320. The van der Waals surface area contributed by atoms with Crippen molar-refractivity contribution in [3.05, 3.63) is 74.6 Å². The zero-order valence-electron chi connectivity index (χ0n) is 19.9. The van der Waals surface area contributed by atoms with Crippen LogP contribution < -0.4 is 10.0 Å². The van der Waals surface area contributed by atoms with Gasteiger partial charge in [0.1, 0.15) is 27.0 Å². The van der Waals surface area contributed by atoms with Gasteiger partial charge in [0.15, 0.2) is 6.04 Å². The third-order valence-electron chi connectivity index (χ3n) is 5.77. The second-order valence-electron chi connectivity index (χ2n) is 9.27. The van der Waals surface area contributed by atoms with Crippen molar-refractivity contribution < 1.29 is 24.0 Å². The van der Waals surface area contributed by atoms with Crippen molar-refractivity contribution in [2.45, 2.75) is 43.5 Å². The first-order valence-corrected chi connectivity index (χ1v) is 14.0. The number of rotatable bonds is 8. The van der Waals surface area contributed by atoms with E-state index in [0.717, 1.165) is 22.3 Å². The van der Waals surface area contributed by atoms with Crippen molar-refractivity contribution in [2.24, 2.45) is 0 Å². The van der Waals surface area contributed by atoms with Gasteiger partial charge in [0.25, 0.3) is 0 Å². The number of hydrogen-bond acceptors (Lipinski definition) is 7. The lowest BCUT2D eigenvalue weighted by Gasteiger charge is -2.29. The first-order chi connectivity index (χ1) is 17.1. The Balaban J connectivity index is 1.51. The number of halogens is 1. The molecule has 0 radical (unpaired) electrons. The highest BCUT2D eigenvalue weighted by Gasteiger charge is 2.40. The highest BCUT2D eigenvalue weighted by atomic mass is 79.9. The summed E-state index contributed by atoms with van der Waals surface area (Å²) >= 11 is 2.84. The molecule has 190 valence electrons. The van der Waals surface area contributed by atoms with Crippen molar-refractivity contribution in [3.63, 3.8) is 0 Å². The molecule has 0 saturated heterocycles. The molecule has 0 saturated carbocycles. The number of carbonyl (C=O) groups is 2. The van der Waals surface area contributed by atoms with Crippen LogP contribution in [0.2, 0.25) is 0 Å². The molecule has 36 heavy (non-hydrogen) atoms. The maximum absolute atomic E-state index is 12.8. The first kappa shape index (κ1) is 26.6. The molecule has 0 fully saturated rings. The summed E-state index contributed by atoms with van der Waals surface area (Å²) in [5.74, 6) is -1.47. The van der Waals surface area contributed by atoms with Gasteiger partial charge in [0.2, 0.25) is 0 Å². The van der Waals surface area contributed by atoms with Crippen molar-refractivity contribution >= 4 is 50.7 Å². The average Bonchev–Trinajstić information content (AvgIpc) is 3.40. The molecule has 1 aliphatic rings. The predicted octanol–water partition coefficient (Wildman–Crippen LogP) is 4.99. The van der Waals surface area contributed by atoms with Gasteiger partial charge in [-0.05, 0) is 59.0 Å². The molecule has 2 aromatic carbocycles. The van der Waals surface area contributed by atoms with Gasteiger partial charge in [0.05, 0.1) is 0 Å². The van der Waals surface area contributed by atoms with Crippen molar-refractivity contribution in [3.8, 4) is 11.1 Å². The Hall–Kier alpha value is -2.44. The standard InChI is InChI=1S/C25H26BrN3O5S2/c1-25(2,3)36(33)29-20(22-27-19(26)13-35-22)21(23(30)31)28-24(32)34-12-18-16-10-6-4-8-14(16)15-9-5-7-11-17(15)18/h4-11,13,18,20-21,29H,12H2,1-3H3,(H,28,32)(H,30,31). The monoisotopic (exact) mass is 591 g/mol. The Bertz CT molecular complexity index is 1220. The van der Waals surface area contributed by atoms with Crippen LogP contribution in [0, 0.1) is 0 Å². The van der Waals surface area contributed by atoms with Crippen LogP contribution in [0.3, 0.4) is 0 Å². The van der Waals surface area contributed by atoms with Crippen molar-refractivity contribution in [2.75, 3.05) is 6.61 Å². The van der Waals surface area contributed by atoms with Gasteiger partial charge in [-0.1, -0.05) is 48.5 Å². The number of carbonyl (C=O) groups excluding carboxylic acids is 1. The van der Waals surface area contributed by atoms with E-state index in [0.29, 0.717) is 9.61 Å². The van der Waals surface area contributed by atoms with Crippen LogP contribution in [0.1, 0.15) is 48.9 Å². The minimum atomic E-state index is -1.62. The largest absolute Gasteiger partial charge is 0.598 e. The number of amides is 1. The maximum atomic E-state index is 12.8. The molecule has 8 nitrogen and oxygen atoms in total. The summed E-state index contributed by atoms with van der Waals surface area (Å²) in [6, 6.07) is 13.4. The van der Waals surface area contributed by atoms with Gasteiger partial charge < -0.3 is 19.7 Å². The molecule has 3 aromatic rings. The molecule has 1 heterocycles. The van der Waals surface area contributed by atoms with Crippen LogP contribution in [0.25, 0.3) is 11.1 Å². The number of benzene rings is 2. The molecule has 3 unspecified atom stereocenters. The van der Waals surface area contributed by atoms with E-state index in [9.17, 15) is 19.2 Å². The number of carboxylic acid groups (broad SMARTS) is 1. The first-order valence-electron chi connectivity index (χ1n) is 11.2. The van der Waals surface area contributed by atoms with Gasteiger partial charge in [-0.25, -0.2) is 14.6 Å². The molecule has 3 atom stereocenters. The van der Waals surface area contributed by atoms with E-state index in [1.165, 1.54) is 11.3 Å². The molecule has 0 bridgehead atoms. The number of alkyl carbamates (subject to hydrolysis) is 1. The van der Waals surface area contributed by atoms with E-state index in [1.54, 1.807) is 26.2 Å². The molecular formula is C25H26BrN3O5S2. The second kappa shape index (κ2) is 10.9. The molecule has 1 amide bonds. The summed E-state index contributed by atoms with van der Waals surface area (Å²) in [5, 5.41) is 14.5. The third-order valence-corrected chi connectivity index (χ3v) is 8.98. The third kappa shape index (κ3) is 5.76. The molecule has 4 rings (SSSR count). The minimum Gasteiger partial charge on any atom is -0.598 e. The second-order valence-corrected chi connectivity index (χ2v) is 13.0. The van der Waals surface area contributed by atoms with Crippen LogP contribution in [0.5, 0.6) is 0 Å². The molecule has 11 heteroatoms. The summed E-state index contributed by atoms with van der Waals surface area (Å²) in [5.41, 5.74) is 4.28. The SMILES string of the molecule is CC(C)(C)[S+]([O-])NC(c1nc(Br)cs1)C(NC(=O)OCC1c2ccccc2-c2ccccc21)C(=O)O. The van der Waals surface area contributed by atoms with E-state index >= 15 is 0 Å². The van der Waals surface area contributed by atoms with Crippen LogP contribution >= 0.6 is 27.3 Å². The Kier molecular flexibility index (Phi) is 8.06. The lowest BCUT2D eigenvalue weighted by Crippen LogP contribution is -2.53. The fourth-order valence-electron chi connectivity index (χ4n) is 4.02. The van der Waals surface area contributed by atoms with Gasteiger partial charge in [-0.3, -0.25) is 0 Å². The normalized spacial score (nSPS) is 15.5. The summed E-state index contributed by atoms with van der Waals surface area (Å²) in [7, 11) is 0. The lowest BCUT2D eigenvalue weighted by atomic mass is 9.98. The van der Waals surface area contributed by atoms with E-state index in [2.05, 4.69) is 31.0 Å². The van der Waals surface area contributed by atoms with Gasteiger partial charge in [0, 0.05) is 22.7 Å². The van der Waals surface area contributed by atoms with Gasteiger partial charge in [-0.2, -0.15) is 0 Å². The number of aliphatic carboxylic acids is 1. The van der Waals surface area contributed by atoms with Crippen molar-refractivity contribution in [1.82, 2.24) is 15.0 Å². The Morgan fingerprint density at radius 2 is 1.75 bits per heavy atom. The number of thiazole rings is 1. The number of nitrogens with zero attached hydrogens (tertiary/aromatic N) is 1. The quantitative estimate of drug-likeness (QED) is 0.315. The summed E-state index contributed by atoms with van der Waals surface area (Å²) < 4.78 is 21.1. The number of hydrogen-bond donors (Lipinski definition) is 3. The smallest absolute Gasteiger partial charge is 0.407 e. The van der Waals surface area contributed by atoms with E-state index < -0.39 is 40.3 Å². The lowest BCUT2D eigenvalue weighted by molar-refractivity contribution is -0.140. The van der Waals surface area contributed by atoms with Crippen molar-refractivity contribution in [1.29, 1.82) is 0 Å². The van der Waals surface area contributed by atoms with E-state index in [1.807, 2.05) is 48.5 Å². The van der Waals surface area contributed by atoms with E-state index in [-0.39, 0.29) is 12.5 Å². The minimum absolute atomic E-state index is 0.0427. The molecule has 3 N–H and O–H groups in total. The summed E-state index contributed by atoms with van der Waals surface area (Å²) in [6.45, 7) is 5.33. The molecule has 1 aromatic heterocycles. The summed E-state index contributed by atoms with van der Waals surface area (Å²) in [4.78, 5) is 29.4. The molecular weight excluding hydrogens is 566 g/mol. The fourth-order valence-corrected chi connectivity index (χ4v) is 6.28. The Morgan fingerprint density at radius 1 is 1.17 bits per heavy atom. The Morgan fingerprint density at radius 3 is 2.25 bits per heavy atom. The van der Waals surface area contributed by atoms with Crippen LogP contribution in [0.15, 0.2) is 58.5 Å². The summed E-state index contributed by atoms with van der Waals surface area (Å²) in [6.07, 6.45) is -0.881. The zero-order chi connectivity index (χ0) is 26.0. The molecule has 1 aliphatic carbocycles. The number of fused-ring (bicyclic) bond motifs is 3. The van der Waals surface area contributed by atoms with Gasteiger partial charge in [-0.15, -0.1) is 16.1 Å². The average molecular weight is 593 g/mol. The molecule has 0 aliphatic heterocycles. The zero-order valence-corrected chi connectivity index (χ0v) is 23.1. The van der Waals surface area contributed by atoms with Crippen LogP contribution in [-0.2, 0) is 20.9 Å². The predicted molar refractivity (Wildman–Crippen MR) is 143 cm³/mol. The topological polar surface area (TPSA) is 124 Å². The number of ether oxygens (including phenoxy) is 1. The van der Waals surface area contributed by atoms with Crippen LogP contribution in [0.4, 0.5) is 4.79 Å².